The lowest BCUT2D eigenvalue weighted by molar-refractivity contribution is -0.351. The Hall–Kier alpha value is -0.970. The maximum atomic E-state index is 9.82. The average Bonchev–Trinajstić information content (AvgIpc) is 2.12. The van der Waals surface area contributed by atoms with Gasteiger partial charge in [0.25, 0.3) is 0 Å². The molecule has 8 heavy (non-hydrogen) atoms. The lowest BCUT2D eigenvalue weighted by Crippen LogP contribution is -2.15. The number of hydrogen-bond acceptors (Lipinski definition) is 3. The highest BCUT2D eigenvalue weighted by Gasteiger charge is 2.17. The van der Waals surface area contributed by atoms with Gasteiger partial charge in [-0.1, -0.05) is 4.99 Å². The van der Waals surface area contributed by atoms with Crippen LogP contribution in [0.15, 0.2) is 4.99 Å². The standard InChI is InChI=1S/C3H4N3O2/c7-6(8)3-1-4-2-5-3/h1-2H2. The predicted octanol–water partition coefficient (Wildman–Crippen LogP) is -0.763. The molecule has 1 rings (SSSR count). The van der Waals surface area contributed by atoms with Crippen LogP contribution in [0.5, 0.6) is 0 Å². The van der Waals surface area contributed by atoms with Gasteiger partial charge in [-0.3, -0.25) is 0 Å². The Bertz CT molecular complexity index is 141. The lowest BCUT2D eigenvalue weighted by Gasteiger charge is -1.86. The van der Waals surface area contributed by atoms with Gasteiger partial charge in [0.15, 0.2) is 6.67 Å². The van der Waals surface area contributed by atoms with Crippen molar-refractivity contribution in [3.63, 3.8) is 0 Å². The van der Waals surface area contributed by atoms with E-state index >= 15 is 0 Å². The summed E-state index contributed by atoms with van der Waals surface area (Å²) in [5.41, 5.74) is 0. The fourth-order valence-corrected chi connectivity index (χ4v) is 0.447. The van der Waals surface area contributed by atoms with Gasteiger partial charge in [0.2, 0.25) is 0 Å². The third-order valence-electron chi connectivity index (χ3n) is 0.817. The zero-order valence-electron chi connectivity index (χ0n) is 4.07. The van der Waals surface area contributed by atoms with E-state index < -0.39 is 4.92 Å². The van der Waals surface area contributed by atoms with E-state index in [0.29, 0.717) is 0 Å². The van der Waals surface area contributed by atoms with E-state index in [9.17, 15) is 10.1 Å². The largest absolute Gasteiger partial charge is 0.358 e. The predicted molar refractivity (Wildman–Crippen MR) is 26.3 cm³/mol. The highest BCUT2D eigenvalue weighted by Crippen LogP contribution is 1.86. The van der Waals surface area contributed by atoms with Gasteiger partial charge in [0, 0.05) is 0 Å². The van der Waals surface area contributed by atoms with E-state index in [2.05, 4.69) is 10.3 Å². The maximum Gasteiger partial charge on any atom is 0.350 e. The van der Waals surface area contributed by atoms with Gasteiger partial charge in [-0.2, -0.15) is 5.32 Å². The summed E-state index contributed by atoms with van der Waals surface area (Å²) < 4.78 is 0. The van der Waals surface area contributed by atoms with Crippen molar-refractivity contribution in [2.24, 2.45) is 4.99 Å². The number of aliphatic imine (C=N–C) groups is 1. The minimum atomic E-state index is -0.503. The third-order valence-corrected chi connectivity index (χ3v) is 0.817. The Morgan fingerprint density at radius 1 is 1.75 bits per heavy atom. The third kappa shape index (κ3) is 0.812. The van der Waals surface area contributed by atoms with Crippen molar-refractivity contribution in [2.75, 3.05) is 13.2 Å². The van der Waals surface area contributed by atoms with Gasteiger partial charge in [-0.05, 0) is 4.92 Å². The minimum absolute atomic E-state index is 0.0231. The highest BCUT2D eigenvalue weighted by atomic mass is 16.6. The van der Waals surface area contributed by atoms with Crippen LogP contribution in [0.3, 0.4) is 0 Å². The number of amidine groups is 1. The summed E-state index contributed by atoms with van der Waals surface area (Å²) in [4.78, 5) is 12.8. The van der Waals surface area contributed by atoms with E-state index in [4.69, 9.17) is 0 Å². The van der Waals surface area contributed by atoms with E-state index in [1.165, 1.54) is 0 Å². The Morgan fingerprint density at radius 3 is 2.75 bits per heavy atom. The van der Waals surface area contributed by atoms with Crippen LogP contribution in [0.4, 0.5) is 0 Å². The van der Waals surface area contributed by atoms with Gasteiger partial charge in [0.1, 0.15) is 6.54 Å². The first-order valence-corrected chi connectivity index (χ1v) is 2.11. The summed E-state index contributed by atoms with van der Waals surface area (Å²) in [6.45, 7) is 0.434. The molecule has 0 bridgehead atoms. The average molecular weight is 114 g/mol. The molecule has 5 nitrogen and oxygen atoms in total. The van der Waals surface area contributed by atoms with Gasteiger partial charge < -0.3 is 10.1 Å². The molecule has 0 saturated heterocycles. The molecule has 0 saturated carbocycles. The first-order valence-electron chi connectivity index (χ1n) is 2.11. The molecule has 0 aromatic rings. The van der Waals surface area contributed by atoms with E-state index in [1.807, 2.05) is 0 Å². The fraction of sp³-hybridized carbons (Fsp3) is 0.667. The molecule has 5 heteroatoms. The smallest absolute Gasteiger partial charge is 0.350 e. The number of rotatable bonds is 0. The normalized spacial score (nSPS) is 18.2. The zero-order valence-corrected chi connectivity index (χ0v) is 4.07. The summed E-state index contributed by atoms with van der Waals surface area (Å²) in [6, 6.07) is 0. The van der Waals surface area contributed by atoms with Crippen LogP contribution in [-0.2, 0) is 0 Å². The van der Waals surface area contributed by atoms with E-state index in [1.54, 1.807) is 0 Å². The maximum absolute atomic E-state index is 9.82. The van der Waals surface area contributed by atoms with Crippen molar-refractivity contribution in [3.8, 4) is 0 Å². The van der Waals surface area contributed by atoms with Crippen LogP contribution < -0.4 is 5.32 Å². The Labute approximate surface area is 45.6 Å². The van der Waals surface area contributed by atoms with Crippen molar-refractivity contribution >= 4 is 5.84 Å². The fourth-order valence-electron chi connectivity index (χ4n) is 0.447. The zero-order chi connectivity index (χ0) is 5.98. The van der Waals surface area contributed by atoms with Gasteiger partial charge >= 0.3 is 5.84 Å². The van der Waals surface area contributed by atoms with Crippen molar-refractivity contribution in [1.29, 1.82) is 0 Å². The second-order valence-corrected chi connectivity index (χ2v) is 1.35. The molecule has 0 aromatic heterocycles. The van der Waals surface area contributed by atoms with Crippen LogP contribution in [0.1, 0.15) is 0 Å². The lowest BCUT2D eigenvalue weighted by atomic mass is 10.6. The van der Waals surface area contributed by atoms with Crippen LogP contribution >= 0.6 is 0 Å². The molecular formula is C3H4N3O2. The Balaban J connectivity index is 2.57. The van der Waals surface area contributed by atoms with Gasteiger partial charge in [0.05, 0.1) is 0 Å². The molecule has 43 valence electrons. The quantitative estimate of drug-likeness (QED) is 0.306. The number of hydrogen-bond donors (Lipinski definition) is 0. The van der Waals surface area contributed by atoms with Crippen molar-refractivity contribution in [1.82, 2.24) is 5.32 Å². The number of nitrogens with zero attached hydrogens (tertiary/aromatic N) is 3. The van der Waals surface area contributed by atoms with Gasteiger partial charge in [-0.15, -0.1) is 0 Å². The minimum Gasteiger partial charge on any atom is -0.358 e. The topological polar surface area (TPSA) is 69.6 Å². The summed E-state index contributed by atoms with van der Waals surface area (Å²) in [5.74, 6) is -0.0231. The Kier molecular flexibility index (Phi) is 1.21. The van der Waals surface area contributed by atoms with Gasteiger partial charge in [-0.25, -0.2) is 0 Å². The molecule has 0 fully saturated rings. The summed E-state index contributed by atoms with van der Waals surface area (Å²) in [5, 5.41) is 13.5. The summed E-state index contributed by atoms with van der Waals surface area (Å²) in [6.07, 6.45) is 0. The molecule has 0 aromatic carbocycles. The van der Waals surface area contributed by atoms with Crippen LogP contribution in [0.2, 0.25) is 0 Å². The van der Waals surface area contributed by atoms with Crippen LogP contribution in [0, 0.1) is 10.1 Å². The molecule has 0 aliphatic carbocycles. The number of nitro groups is 1. The first-order chi connectivity index (χ1) is 3.80. The molecule has 0 amide bonds. The van der Waals surface area contributed by atoms with Crippen molar-refractivity contribution < 1.29 is 4.92 Å². The van der Waals surface area contributed by atoms with Crippen LogP contribution in [-0.4, -0.2) is 24.0 Å². The van der Waals surface area contributed by atoms with E-state index in [0.717, 1.165) is 0 Å². The molecule has 0 unspecified atom stereocenters. The first kappa shape index (κ1) is 5.17. The summed E-state index contributed by atoms with van der Waals surface area (Å²) in [7, 11) is 0. The molecule has 0 spiro atoms. The SMILES string of the molecule is O=[N+]([O-])C1=NC[N]C1. The molecule has 1 aliphatic rings. The molecular weight excluding hydrogens is 110 g/mol. The molecule has 1 radical (unpaired) electrons. The van der Waals surface area contributed by atoms with E-state index in [-0.39, 0.29) is 19.0 Å². The van der Waals surface area contributed by atoms with Crippen molar-refractivity contribution in [3.05, 3.63) is 10.1 Å². The molecule has 0 atom stereocenters. The summed E-state index contributed by atoms with van der Waals surface area (Å²) >= 11 is 0. The second kappa shape index (κ2) is 1.87. The second-order valence-electron chi connectivity index (χ2n) is 1.35. The van der Waals surface area contributed by atoms with Crippen LogP contribution in [0.25, 0.3) is 0 Å². The monoisotopic (exact) mass is 114 g/mol. The molecule has 1 aliphatic heterocycles. The molecule has 0 N–H and O–H groups in total. The Morgan fingerprint density at radius 2 is 2.50 bits per heavy atom. The highest BCUT2D eigenvalue weighted by molar-refractivity contribution is 5.77. The molecule has 1 heterocycles. The van der Waals surface area contributed by atoms with Crippen molar-refractivity contribution in [2.45, 2.75) is 0 Å².